The lowest BCUT2D eigenvalue weighted by Gasteiger charge is -2.30. The van der Waals surface area contributed by atoms with Gasteiger partial charge in [0.2, 0.25) is 0 Å². The summed E-state index contributed by atoms with van der Waals surface area (Å²) < 4.78 is 0. The van der Waals surface area contributed by atoms with E-state index in [0.717, 1.165) is 0 Å². The highest BCUT2D eigenvalue weighted by molar-refractivity contribution is 5.70. The first-order chi connectivity index (χ1) is 11.8. The minimum atomic E-state index is 0.0382. The normalized spacial score (nSPS) is 27.4. The van der Waals surface area contributed by atoms with E-state index in [1.807, 2.05) is 0 Å². The van der Waals surface area contributed by atoms with Gasteiger partial charge in [-0.05, 0) is 37.6 Å². The number of para-hydroxylation sites is 2. The maximum atomic E-state index is 2.54. The molecule has 0 radical (unpaired) electrons. The van der Waals surface area contributed by atoms with Crippen molar-refractivity contribution in [3.05, 3.63) is 71.4 Å². The van der Waals surface area contributed by atoms with Gasteiger partial charge in [0.1, 0.15) is 11.7 Å². The van der Waals surface area contributed by atoms with Crippen LogP contribution in [-0.2, 0) is 10.8 Å². The summed E-state index contributed by atoms with van der Waals surface area (Å²) in [6, 6.07) is 18.2. The quantitative estimate of drug-likeness (QED) is 0.834. The number of rotatable bonds is 1. The third kappa shape index (κ3) is 2.13. The first kappa shape index (κ1) is 16.4. The molecule has 2 unspecified atom stereocenters. The molecule has 0 aliphatic carbocycles. The fourth-order valence-corrected chi connectivity index (χ4v) is 5.06. The molecule has 2 aromatic rings. The van der Waals surface area contributed by atoms with Crippen LogP contribution in [0, 0.1) is 0 Å². The topological polar surface area (TPSA) is 7.68 Å². The molecule has 0 bridgehead atoms. The molecule has 2 aliphatic rings. The summed E-state index contributed by atoms with van der Waals surface area (Å²) in [6.45, 7) is 9.48. The number of fused-ring (bicyclic) bond motifs is 2. The van der Waals surface area contributed by atoms with Gasteiger partial charge in [-0.25, -0.2) is 0 Å². The van der Waals surface area contributed by atoms with Gasteiger partial charge in [0.25, 0.3) is 0 Å². The molecule has 0 saturated heterocycles. The second-order valence-electron chi connectivity index (χ2n) is 8.68. The highest BCUT2D eigenvalue weighted by atomic mass is 15.2. The molecule has 2 nitrogen and oxygen atoms in total. The van der Waals surface area contributed by atoms with E-state index in [2.05, 4.69) is 101 Å². The third-order valence-corrected chi connectivity index (χ3v) is 6.56. The van der Waals surface area contributed by atoms with Crippen molar-refractivity contribution in [1.29, 1.82) is 0 Å². The summed E-state index contributed by atoms with van der Waals surface area (Å²) in [5.41, 5.74) is 7.25. The van der Waals surface area contributed by atoms with Crippen LogP contribution >= 0.6 is 0 Å². The summed E-state index contributed by atoms with van der Waals surface area (Å²) in [5, 5.41) is 0. The maximum Gasteiger partial charge on any atom is 0.135 e. The van der Waals surface area contributed by atoms with Crippen LogP contribution in [0.1, 0.15) is 38.8 Å². The molecule has 130 valence electrons. The molecule has 0 saturated carbocycles. The van der Waals surface area contributed by atoms with Crippen LogP contribution in [0.25, 0.3) is 0 Å². The van der Waals surface area contributed by atoms with Gasteiger partial charge in [-0.3, -0.25) is 4.90 Å². The SMILES string of the molecule is CN1C(=CC2[NH+](C)c3ccccc3C2(C)C)C(C)(C)c2ccccc21. The lowest BCUT2D eigenvalue weighted by molar-refractivity contribution is -0.828. The van der Waals surface area contributed by atoms with Crippen LogP contribution in [-0.4, -0.2) is 20.1 Å². The Morgan fingerprint density at radius 2 is 1.52 bits per heavy atom. The second kappa shape index (κ2) is 5.22. The zero-order chi connectivity index (χ0) is 18.0. The van der Waals surface area contributed by atoms with Crippen LogP contribution in [0.2, 0.25) is 0 Å². The average molecular weight is 333 g/mol. The lowest BCUT2D eigenvalue weighted by atomic mass is 9.77. The molecule has 25 heavy (non-hydrogen) atoms. The Morgan fingerprint density at radius 1 is 0.920 bits per heavy atom. The van der Waals surface area contributed by atoms with Crippen LogP contribution in [0.3, 0.4) is 0 Å². The number of hydrogen-bond donors (Lipinski definition) is 1. The Morgan fingerprint density at radius 3 is 2.16 bits per heavy atom. The molecule has 2 aliphatic heterocycles. The lowest BCUT2D eigenvalue weighted by Crippen LogP contribution is -3.07. The molecule has 2 heteroatoms. The summed E-state index contributed by atoms with van der Waals surface area (Å²) in [5.74, 6) is 0. The van der Waals surface area contributed by atoms with Crippen molar-refractivity contribution in [3.8, 4) is 0 Å². The largest absolute Gasteiger partial charge is 0.347 e. The van der Waals surface area contributed by atoms with Gasteiger partial charge in [-0.15, -0.1) is 0 Å². The molecule has 0 spiro atoms. The zero-order valence-electron chi connectivity index (χ0n) is 16.2. The summed E-state index contributed by atoms with van der Waals surface area (Å²) >= 11 is 0. The highest BCUT2D eigenvalue weighted by Gasteiger charge is 2.48. The molecular formula is C23H29N2+. The molecule has 0 fully saturated rings. The van der Waals surface area contributed by atoms with Crippen LogP contribution in [0.15, 0.2) is 60.3 Å². The number of likely N-dealkylation sites (N-methyl/N-ethyl adjacent to an activating group) is 2. The number of nitrogens with zero attached hydrogens (tertiary/aromatic N) is 1. The van der Waals surface area contributed by atoms with E-state index in [1.165, 1.54) is 33.1 Å². The van der Waals surface area contributed by atoms with E-state index in [9.17, 15) is 0 Å². The Hall–Kier alpha value is -2.06. The van der Waals surface area contributed by atoms with Crippen molar-refractivity contribution in [1.82, 2.24) is 0 Å². The first-order valence-corrected chi connectivity index (χ1v) is 9.25. The summed E-state index contributed by atoms with van der Waals surface area (Å²) in [6.07, 6.45) is 2.54. The maximum absolute atomic E-state index is 2.54. The van der Waals surface area contributed by atoms with Gasteiger partial charge < -0.3 is 4.90 Å². The number of anilines is 1. The Labute approximate surface area is 151 Å². The number of nitrogens with one attached hydrogen (secondary N) is 1. The van der Waals surface area contributed by atoms with Gasteiger partial charge >= 0.3 is 0 Å². The van der Waals surface area contributed by atoms with Crippen molar-refractivity contribution < 1.29 is 4.90 Å². The standard InChI is InChI=1S/C23H28N2/c1-22(2)16-11-7-9-13-18(16)24(5)20(22)15-21-23(3,4)17-12-8-10-14-19(17)25(21)6/h7-15,20H,1-6H3/p+1. The van der Waals surface area contributed by atoms with Gasteiger partial charge in [-0.1, -0.05) is 50.2 Å². The molecule has 0 amide bonds. The molecular weight excluding hydrogens is 304 g/mol. The smallest absolute Gasteiger partial charge is 0.135 e. The monoisotopic (exact) mass is 333 g/mol. The predicted octanol–water partition coefficient (Wildman–Crippen LogP) is 3.80. The molecule has 0 aromatic heterocycles. The Kier molecular flexibility index (Phi) is 3.42. The van der Waals surface area contributed by atoms with Crippen molar-refractivity contribution >= 4 is 11.4 Å². The minimum absolute atomic E-state index is 0.0382. The predicted molar refractivity (Wildman–Crippen MR) is 106 cm³/mol. The van der Waals surface area contributed by atoms with Gasteiger partial charge in [0.15, 0.2) is 0 Å². The molecule has 4 rings (SSSR count). The van der Waals surface area contributed by atoms with Gasteiger partial charge in [0.05, 0.1) is 12.5 Å². The van der Waals surface area contributed by atoms with Crippen molar-refractivity contribution in [3.63, 3.8) is 0 Å². The zero-order valence-corrected chi connectivity index (χ0v) is 16.2. The van der Waals surface area contributed by atoms with Crippen molar-refractivity contribution in [2.45, 2.75) is 44.6 Å². The minimum Gasteiger partial charge on any atom is -0.347 e. The van der Waals surface area contributed by atoms with E-state index >= 15 is 0 Å². The number of hydrogen-bond acceptors (Lipinski definition) is 1. The second-order valence-corrected chi connectivity index (χ2v) is 8.68. The molecule has 2 aromatic carbocycles. The van der Waals surface area contributed by atoms with E-state index in [4.69, 9.17) is 0 Å². The fourth-order valence-electron chi connectivity index (χ4n) is 5.06. The van der Waals surface area contributed by atoms with Crippen molar-refractivity contribution in [2.75, 3.05) is 19.0 Å². The van der Waals surface area contributed by atoms with Crippen LogP contribution in [0.4, 0.5) is 11.4 Å². The summed E-state index contributed by atoms with van der Waals surface area (Å²) in [7, 11) is 4.52. The number of quaternary nitrogens is 1. The van der Waals surface area contributed by atoms with E-state index in [-0.39, 0.29) is 10.8 Å². The molecule has 2 atom stereocenters. The van der Waals surface area contributed by atoms with E-state index in [0.29, 0.717) is 6.04 Å². The average Bonchev–Trinajstić information content (AvgIpc) is 2.90. The fraction of sp³-hybridized carbons (Fsp3) is 0.391. The van der Waals surface area contributed by atoms with Gasteiger partial charge in [-0.2, -0.15) is 0 Å². The third-order valence-electron chi connectivity index (χ3n) is 6.56. The van der Waals surface area contributed by atoms with Crippen LogP contribution < -0.4 is 9.80 Å². The number of benzene rings is 2. The molecule has 1 N–H and O–H groups in total. The van der Waals surface area contributed by atoms with Gasteiger partial charge in [0, 0.05) is 29.4 Å². The summed E-state index contributed by atoms with van der Waals surface area (Å²) in [4.78, 5) is 3.88. The Bertz CT molecular complexity index is 860. The Balaban J connectivity index is 1.83. The first-order valence-electron chi connectivity index (χ1n) is 9.25. The van der Waals surface area contributed by atoms with Crippen LogP contribution in [0.5, 0.6) is 0 Å². The number of allylic oxidation sites excluding steroid dienone is 1. The van der Waals surface area contributed by atoms with Crippen molar-refractivity contribution in [2.24, 2.45) is 0 Å². The molecule has 2 heterocycles. The highest BCUT2D eigenvalue weighted by Crippen LogP contribution is 2.47. The van der Waals surface area contributed by atoms with E-state index in [1.54, 1.807) is 0 Å². The van der Waals surface area contributed by atoms with E-state index < -0.39 is 0 Å².